The van der Waals surface area contributed by atoms with Crippen LogP contribution in [-0.4, -0.2) is 14.5 Å². The van der Waals surface area contributed by atoms with E-state index in [4.69, 9.17) is 4.98 Å². The van der Waals surface area contributed by atoms with Crippen molar-refractivity contribution in [3.8, 4) is 0 Å². The summed E-state index contributed by atoms with van der Waals surface area (Å²) in [5.74, 6) is 0.735. The van der Waals surface area contributed by atoms with E-state index in [0.717, 1.165) is 22.2 Å². The monoisotopic (exact) mass is 397 g/mol. The second-order valence-electron chi connectivity index (χ2n) is 6.92. The highest BCUT2D eigenvalue weighted by molar-refractivity contribution is 7.98. The Labute approximate surface area is 171 Å². The molecule has 0 amide bonds. The summed E-state index contributed by atoms with van der Waals surface area (Å²) in [6, 6.07) is 22.6. The van der Waals surface area contributed by atoms with Crippen LogP contribution in [0.15, 0.2) is 89.3 Å². The zero-order chi connectivity index (χ0) is 19.8. The molecule has 5 rings (SSSR count). The van der Waals surface area contributed by atoms with Crippen molar-refractivity contribution >= 4 is 44.5 Å². The largest absolute Gasteiger partial charge is 0.349 e. The van der Waals surface area contributed by atoms with E-state index in [1.165, 1.54) is 16.3 Å². The molecule has 1 N–H and O–H groups in total. The summed E-state index contributed by atoms with van der Waals surface area (Å²) in [6.07, 6.45) is 1.74. The average molecular weight is 398 g/mol. The van der Waals surface area contributed by atoms with Gasteiger partial charge >= 0.3 is 0 Å². The Kier molecular flexibility index (Phi) is 4.45. The van der Waals surface area contributed by atoms with Crippen LogP contribution in [-0.2, 0) is 12.3 Å². The highest BCUT2D eigenvalue weighted by atomic mass is 32.2. The maximum absolute atomic E-state index is 13.2. The van der Waals surface area contributed by atoms with Crippen molar-refractivity contribution in [2.75, 3.05) is 0 Å². The lowest BCUT2D eigenvalue weighted by molar-refractivity contribution is 0.671. The molecule has 4 nitrogen and oxygen atoms in total. The molecule has 0 unspecified atom stereocenters. The van der Waals surface area contributed by atoms with Gasteiger partial charge in [0.05, 0.1) is 0 Å². The van der Waals surface area contributed by atoms with Crippen molar-refractivity contribution in [1.82, 2.24) is 14.5 Å². The molecule has 5 aromatic rings. The molecule has 0 bridgehead atoms. The predicted octanol–water partition coefficient (Wildman–Crippen LogP) is 5.51. The standard InChI is InChI=1S/C24H19N3OS/c1-2-14-27-23(28)22-21(19-12-5-6-13-20(19)25-22)26-24(27)29-15-17-10-7-9-16-8-3-4-11-18(16)17/h2-13,25H,1,14-15H2. The Balaban J connectivity index is 1.63. The van der Waals surface area contributed by atoms with Crippen LogP contribution in [0, 0.1) is 0 Å². The fourth-order valence-corrected chi connectivity index (χ4v) is 4.74. The minimum absolute atomic E-state index is 0.0634. The van der Waals surface area contributed by atoms with Crippen LogP contribution in [0.1, 0.15) is 5.56 Å². The highest BCUT2D eigenvalue weighted by Crippen LogP contribution is 2.28. The SMILES string of the molecule is C=CCn1c(SCc2cccc3ccccc23)nc2c([nH]c3ccccc32)c1=O. The van der Waals surface area contributed by atoms with E-state index in [1.54, 1.807) is 22.4 Å². The summed E-state index contributed by atoms with van der Waals surface area (Å²) >= 11 is 1.59. The van der Waals surface area contributed by atoms with Crippen molar-refractivity contribution in [3.63, 3.8) is 0 Å². The molecule has 2 heterocycles. The molecule has 0 saturated heterocycles. The van der Waals surface area contributed by atoms with Gasteiger partial charge in [0.1, 0.15) is 11.0 Å². The minimum atomic E-state index is -0.0634. The molecule has 142 valence electrons. The molecule has 0 aliphatic carbocycles. The first-order chi connectivity index (χ1) is 14.3. The number of hydrogen-bond acceptors (Lipinski definition) is 3. The number of nitrogens with zero attached hydrogens (tertiary/aromatic N) is 2. The third-order valence-electron chi connectivity index (χ3n) is 5.12. The average Bonchev–Trinajstić information content (AvgIpc) is 3.13. The fraction of sp³-hybridized carbons (Fsp3) is 0.0833. The number of nitrogens with one attached hydrogen (secondary N) is 1. The molecule has 0 saturated carbocycles. The topological polar surface area (TPSA) is 50.7 Å². The first-order valence-electron chi connectivity index (χ1n) is 9.48. The molecular formula is C24H19N3OS. The van der Waals surface area contributed by atoms with Gasteiger partial charge in [-0.2, -0.15) is 0 Å². The number of para-hydroxylation sites is 1. The minimum Gasteiger partial charge on any atom is -0.349 e. The lowest BCUT2D eigenvalue weighted by atomic mass is 10.1. The van der Waals surface area contributed by atoms with Crippen molar-refractivity contribution in [3.05, 3.63) is 95.3 Å². The van der Waals surface area contributed by atoms with Gasteiger partial charge in [-0.05, 0) is 22.4 Å². The Morgan fingerprint density at radius 1 is 1.00 bits per heavy atom. The summed E-state index contributed by atoms with van der Waals surface area (Å²) in [7, 11) is 0. The third kappa shape index (κ3) is 3.04. The Hall–Kier alpha value is -3.31. The van der Waals surface area contributed by atoms with Crippen LogP contribution < -0.4 is 5.56 Å². The van der Waals surface area contributed by atoms with Crippen LogP contribution >= 0.6 is 11.8 Å². The fourth-order valence-electron chi connectivity index (χ4n) is 3.74. The van der Waals surface area contributed by atoms with Gasteiger partial charge in [-0.3, -0.25) is 9.36 Å². The number of allylic oxidation sites excluding steroid dienone is 1. The Morgan fingerprint density at radius 3 is 2.62 bits per heavy atom. The molecular weight excluding hydrogens is 378 g/mol. The second kappa shape index (κ2) is 7.26. The number of rotatable bonds is 5. The summed E-state index contributed by atoms with van der Waals surface area (Å²) < 4.78 is 1.69. The number of H-pyrrole nitrogens is 1. The first kappa shape index (κ1) is 17.8. The van der Waals surface area contributed by atoms with Crippen molar-refractivity contribution < 1.29 is 0 Å². The molecule has 2 aromatic heterocycles. The number of aromatic amines is 1. The number of benzene rings is 3. The Morgan fingerprint density at radius 2 is 1.76 bits per heavy atom. The van der Waals surface area contributed by atoms with Crippen LogP contribution in [0.3, 0.4) is 0 Å². The molecule has 0 aliphatic heterocycles. The maximum atomic E-state index is 13.2. The summed E-state index contributed by atoms with van der Waals surface area (Å²) in [5, 5.41) is 4.12. The third-order valence-corrected chi connectivity index (χ3v) is 6.15. The summed E-state index contributed by atoms with van der Waals surface area (Å²) in [6.45, 7) is 4.24. The van der Waals surface area contributed by atoms with E-state index >= 15 is 0 Å². The van der Waals surface area contributed by atoms with E-state index < -0.39 is 0 Å². The quantitative estimate of drug-likeness (QED) is 0.242. The molecule has 3 aromatic carbocycles. The number of fused-ring (bicyclic) bond motifs is 4. The van der Waals surface area contributed by atoms with E-state index in [2.05, 4.69) is 48.0 Å². The summed E-state index contributed by atoms with van der Waals surface area (Å²) in [5.41, 5.74) is 3.36. The van der Waals surface area contributed by atoms with E-state index in [0.29, 0.717) is 17.2 Å². The molecule has 0 aliphatic rings. The van der Waals surface area contributed by atoms with Gasteiger partial charge in [0.25, 0.3) is 5.56 Å². The van der Waals surface area contributed by atoms with Gasteiger partial charge < -0.3 is 4.98 Å². The number of hydrogen-bond donors (Lipinski definition) is 1. The normalized spacial score (nSPS) is 11.4. The lowest BCUT2D eigenvalue weighted by Crippen LogP contribution is -2.22. The van der Waals surface area contributed by atoms with Gasteiger partial charge in [-0.1, -0.05) is 78.5 Å². The number of thioether (sulfide) groups is 1. The van der Waals surface area contributed by atoms with E-state index in [-0.39, 0.29) is 5.56 Å². The Bertz CT molecular complexity index is 1430. The molecule has 5 heteroatoms. The van der Waals surface area contributed by atoms with Crippen molar-refractivity contribution in [1.29, 1.82) is 0 Å². The second-order valence-corrected chi connectivity index (χ2v) is 7.86. The van der Waals surface area contributed by atoms with Crippen molar-refractivity contribution in [2.45, 2.75) is 17.5 Å². The van der Waals surface area contributed by atoms with Crippen LogP contribution in [0.5, 0.6) is 0 Å². The molecule has 0 spiro atoms. The van der Waals surface area contributed by atoms with Gasteiger partial charge in [-0.25, -0.2) is 4.98 Å². The molecule has 29 heavy (non-hydrogen) atoms. The van der Waals surface area contributed by atoms with E-state index in [9.17, 15) is 4.79 Å². The highest BCUT2D eigenvalue weighted by Gasteiger charge is 2.15. The maximum Gasteiger partial charge on any atom is 0.278 e. The predicted molar refractivity (Wildman–Crippen MR) is 122 cm³/mol. The van der Waals surface area contributed by atoms with Gasteiger partial charge in [0.2, 0.25) is 0 Å². The van der Waals surface area contributed by atoms with Crippen molar-refractivity contribution in [2.24, 2.45) is 0 Å². The molecule has 0 atom stereocenters. The molecule has 0 fully saturated rings. The van der Waals surface area contributed by atoms with Crippen LogP contribution in [0.4, 0.5) is 0 Å². The number of aromatic nitrogens is 3. The first-order valence-corrected chi connectivity index (χ1v) is 10.5. The smallest absolute Gasteiger partial charge is 0.278 e. The van der Waals surface area contributed by atoms with Crippen LogP contribution in [0.2, 0.25) is 0 Å². The van der Waals surface area contributed by atoms with Crippen LogP contribution in [0.25, 0.3) is 32.7 Å². The van der Waals surface area contributed by atoms with Gasteiger partial charge in [0, 0.05) is 23.2 Å². The zero-order valence-electron chi connectivity index (χ0n) is 15.8. The zero-order valence-corrected chi connectivity index (χ0v) is 16.6. The van der Waals surface area contributed by atoms with E-state index in [1.807, 2.05) is 30.3 Å². The lowest BCUT2D eigenvalue weighted by Gasteiger charge is -2.11. The van der Waals surface area contributed by atoms with Gasteiger partial charge in [-0.15, -0.1) is 6.58 Å². The molecule has 0 radical (unpaired) electrons. The van der Waals surface area contributed by atoms with Gasteiger partial charge in [0.15, 0.2) is 5.16 Å². The summed E-state index contributed by atoms with van der Waals surface area (Å²) in [4.78, 5) is 21.3.